The summed E-state index contributed by atoms with van der Waals surface area (Å²) in [7, 11) is 0. The largest absolute Gasteiger partial charge is 0.489 e. The van der Waals surface area contributed by atoms with Gasteiger partial charge in [-0.3, -0.25) is 4.79 Å². The van der Waals surface area contributed by atoms with Crippen molar-refractivity contribution in [2.24, 2.45) is 23.2 Å². The lowest BCUT2D eigenvalue weighted by atomic mass is 9.49. The van der Waals surface area contributed by atoms with Crippen molar-refractivity contribution in [2.75, 3.05) is 6.61 Å². The van der Waals surface area contributed by atoms with Crippen LogP contribution in [0.4, 0.5) is 0 Å². The van der Waals surface area contributed by atoms with Gasteiger partial charge in [-0.15, -0.1) is 0 Å². The number of ether oxygens (including phenoxy) is 3. The molecular formula is C51H68O5. The third-order valence-electron chi connectivity index (χ3n) is 13.5. The molecule has 4 unspecified atom stereocenters. The smallest absolute Gasteiger partial charge is 0.308 e. The van der Waals surface area contributed by atoms with Crippen molar-refractivity contribution < 1.29 is 24.1 Å². The third-order valence-corrected chi connectivity index (χ3v) is 13.5. The van der Waals surface area contributed by atoms with Crippen LogP contribution in [0.2, 0.25) is 0 Å². The standard InChI is InChI=1S/C51H68O5/c1-5-7-8-19-26-41(49(52)54-6-2)27-20-11-9-10-14-21-38(3)51(53)37-50(4)46(32-33-47(50)56-36-40-24-17-13-18-25-40)45-30-28-42-34-43(29-31-44(42)48(45)51)55-35-39-22-15-12-16-23-39/h12-18,21-25,29,31,34,41,45-48,53H,3,5-11,19-20,26-28,30,32-33,35-37H2,1-2,4H3/b21-14+/t41?,45?,46?,47-,48?,50-,51+/m0/s1. The number of aryl methyl sites for hydroxylation is 1. The molecule has 3 aromatic rings. The van der Waals surface area contributed by atoms with Gasteiger partial charge in [0, 0.05) is 5.92 Å². The van der Waals surface area contributed by atoms with Crippen LogP contribution in [0.25, 0.3) is 0 Å². The Bertz CT molecular complexity index is 1720. The summed E-state index contributed by atoms with van der Waals surface area (Å²) in [4.78, 5) is 12.6. The number of benzene rings is 3. The lowest BCUT2D eigenvalue weighted by Crippen LogP contribution is -2.57. The molecule has 0 heterocycles. The summed E-state index contributed by atoms with van der Waals surface area (Å²) >= 11 is 0. The van der Waals surface area contributed by atoms with E-state index in [2.05, 4.69) is 87.2 Å². The normalized spacial score (nSPS) is 25.9. The quantitative estimate of drug-likeness (QED) is 0.0665. The first-order chi connectivity index (χ1) is 27.3. The summed E-state index contributed by atoms with van der Waals surface area (Å²) in [6.07, 6.45) is 19.8. The highest BCUT2D eigenvalue weighted by Crippen LogP contribution is 2.66. The van der Waals surface area contributed by atoms with Crippen LogP contribution in [-0.2, 0) is 33.9 Å². The molecule has 6 rings (SSSR count). The second-order valence-electron chi connectivity index (χ2n) is 17.3. The number of esters is 1. The molecule has 0 aromatic heterocycles. The topological polar surface area (TPSA) is 65.0 Å². The maximum Gasteiger partial charge on any atom is 0.308 e. The highest BCUT2D eigenvalue weighted by molar-refractivity contribution is 5.72. The van der Waals surface area contributed by atoms with Crippen molar-refractivity contribution >= 4 is 5.97 Å². The minimum Gasteiger partial charge on any atom is -0.489 e. The van der Waals surface area contributed by atoms with Gasteiger partial charge in [0.2, 0.25) is 0 Å². The highest BCUT2D eigenvalue weighted by Gasteiger charge is 2.63. The third kappa shape index (κ3) is 10.1. The minimum atomic E-state index is -1.10. The minimum absolute atomic E-state index is 0.0155. The maximum absolute atomic E-state index is 13.2. The molecule has 5 heteroatoms. The Morgan fingerprint density at radius 1 is 0.875 bits per heavy atom. The average Bonchev–Trinajstić information content (AvgIpc) is 3.54. The van der Waals surface area contributed by atoms with E-state index in [1.807, 2.05) is 31.2 Å². The highest BCUT2D eigenvalue weighted by atomic mass is 16.5. The number of carbonyl (C=O) groups is 1. The zero-order valence-electron chi connectivity index (χ0n) is 34.6. The van der Waals surface area contributed by atoms with E-state index in [9.17, 15) is 9.90 Å². The first kappa shape index (κ1) is 41.9. The van der Waals surface area contributed by atoms with Gasteiger partial charge in [-0.25, -0.2) is 0 Å². The maximum atomic E-state index is 13.2. The molecule has 2 fully saturated rings. The van der Waals surface area contributed by atoms with Gasteiger partial charge in [-0.1, -0.05) is 138 Å². The summed E-state index contributed by atoms with van der Waals surface area (Å²) in [6.45, 7) is 12.7. The van der Waals surface area contributed by atoms with Gasteiger partial charge < -0.3 is 19.3 Å². The average molecular weight is 761 g/mol. The monoisotopic (exact) mass is 761 g/mol. The Labute approximate surface area is 337 Å². The van der Waals surface area contributed by atoms with E-state index in [4.69, 9.17) is 14.2 Å². The van der Waals surface area contributed by atoms with Crippen LogP contribution >= 0.6 is 0 Å². The van der Waals surface area contributed by atoms with E-state index in [1.54, 1.807) is 0 Å². The van der Waals surface area contributed by atoms with E-state index in [0.29, 0.717) is 38.1 Å². The van der Waals surface area contributed by atoms with E-state index in [1.165, 1.54) is 36.0 Å². The Morgan fingerprint density at radius 3 is 2.27 bits per heavy atom. The van der Waals surface area contributed by atoms with Gasteiger partial charge in [-0.2, -0.15) is 0 Å². The van der Waals surface area contributed by atoms with Crippen LogP contribution in [0.1, 0.15) is 139 Å². The fourth-order valence-electron chi connectivity index (χ4n) is 10.6. The summed E-state index contributed by atoms with van der Waals surface area (Å²) in [6, 6.07) is 27.4. The molecule has 7 atom stereocenters. The van der Waals surface area contributed by atoms with Gasteiger partial charge in [0.1, 0.15) is 12.4 Å². The predicted octanol–water partition coefficient (Wildman–Crippen LogP) is 12.3. The van der Waals surface area contributed by atoms with Crippen molar-refractivity contribution in [3.8, 4) is 5.75 Å². The molecule has 302 valence electrons. The predicted molar refractivity (Wildman–Crippen MR) is 227 cm³/mol. The molecule has 3 aromatic carbocycles. The summed E-state index contributed by atoms with van der Waals surface area (Å²) in [5.41, 5.74) is 4.44. The van der Waals surface area contributed by atoms with Crippen LogP contribution in [0.3, 0.4) is 0 Å². The van der Waals surface area contributed by atoms with Crippen LogP contribution in [0, 0.1) is 23.2 Å². The molecule has 0 aliphatic heterocycles. The molecular weight excluding hydrogens is 693 g/mol. The zero-order valence-corrected chi connectivity index (χ0v) is 34.6. The van der Waals surface area contributed by atoms with E-state index in [-0.39, 0.29) is 29.3 Å². The number of hydrogen-bond donors (Lipinski definition) is 1. The second-order valence-corrected chi connectivity index (χ2v) is 17.3. The molecule has 5 nitrogen and oxygen atoms in total. The molecule has 0 saturated heterocycles. The van der Waals surface area contributed by atoms with Gasteiger partial charge >= 0.3 is 5.97 Å². The lowest BCUT2D eigenvalue weighted by Gasteiger charge is -2.58. The van der Waals surface area contributed by atoms with Crippen molar-refractivity contribution in [1.29, 1.82) is 0 Å². The Morgan fingerprint density at radius 2 is 1.57 bits per heavy atom. The number of carbonyl (C=O) groups excluding carboxylic acids is 1. The van der Waals surface area contributed by atoms with Gasteiger partial charge in [0.05, 0.1) is 30.8 Å². The van der Waals surface area contributed by atoms with Gasteiger partial charge in [0.15, 0.2) is 0 Å². The molecule has 3 aliphatic carbocycles. The molecule has 0 amide bonds. The van der Waals surface area contributed by atoms with Crippen molar-refractivity contribution in [3.63, 3.8) is 0 Å². The Hall–Kier alpha value is -3.67. The van der Waals surface area contributed by atoms with Crippen LogP contribution in [0.5, 0.6) is 5.75 Å². The molecule has 0 spiro atoms. The fourth-order valence-corrected chi connectivity index (χ4v) is 10.6. The first-order valence-electron chi connectivity index (χ1n) is 22.0. The molecule has 2 saturated carbocycles. The van der Waals surface area contributed by atoms with Crippen LogP contribution in [-0.4, -0.2) is 29.4 Å². The number of rotatable bonds is 21. The van der Waals surface area contributed by atoms with Gasteiger partial charge in [0.25, 0.3) is 0 Å². The van der Waals surface area contributed by atoms with Crippen LogP contribution < -0.4 is 4.74 Å². The number of fused-ring (bicyclic) bond motifs is 5. The molecule has 0 radical (unpaired) electrons. The number of hydrogen-bond acceptors (Lipinski definition) is 5. The van der Waals surface area contributed by atoms with Crippen molar-refractivity contribution in [3.05, 3.63) is 125 Å². The SMILES string of the molecule is C=C(/C=C/CCCCCC(CCCCCC)C(=O)OCC)[C@]1(O)C[C@@]2(C)C(CC[C@@H]2OCc2ccccc2)C2CCc3cc(OCc4ccccc4)ccc3C21. The van der Waals surface area contributed by atoms with E-state index < -0.39 is 5.60 Å². The summed E-state index contributed by atoms with van der Waals surface area (Å²) < 4.78 is 18.5. The number of aliphatic hydroxyl groups is 1. The Kier molecular flexibility index (Phi) is 15.1. The van der Waals surface area contributed by atoms with Crippen molar-refractivity contribution in [1.82, 2.24) is 0 Å². The van der Waals surface area contributed by atoms with E-state index in [0.717, 1.165) is 87.5 Å². The van der Waals surface area contributed by atoms with Crippen molar-refractivity contribution in [2.45, 2.75) is 148 Å². The second kappa shape index (κ2) is 20.1. The zero-order chi connectivity index (χ0) is 39.4. The van der Waals surface area contributed by atoms with Crippen LogP contribution in [0.15, 0.2) is 103 Å². The summed E-state index contributed by atoms with van der Waals surface area (Å²) in [5.74, 6) is 1.65. The number of allylic oxidation sites excluding steroid dienone is 1. The Balaban J connectivity index is 1.15. The van der Waals surface area contributed by atoms with Gasteiger partial charge in [-0.05, 0) is 122 Å². The molecule has 1 N–H and O–H groups in total. The molecule has 3 aliphatic rings. The molecule has 0 bridgehead atoms. The van der Waals surface area contributed by atoms with E-state index >= 15 is 0 Å². The number of unbranched alkanes of at least 4 members (excludes halogenated alkanes) is 6. The summed E-state index contributed by atoms with van der Waals surface area (Å²) in [5, 5.41) is 13.2. The lowest BCUT2D eigenvalue weighted by molar-refractivity contribution is -0.148. The fraction of sp³-hybridized carbons (Fsp3) is 0.549. The first-order valence-corrected chi connectivity index (χ1v) is 22.0. The molecule has 56 heavy (non-hydrogen) atoms.